The number of hydrogen-bond acceptors (Lipinski definition) is 3. The molecule has 4 unspecified atom stereocenters. The Morgan fingerprint density at radius 3 is 2.81 bits per heavy atom. The smallest absolute Gasteiger partial charge is 0.0993 e. The first-order chi connectivity index (χ1) is 10.2. The van der Waals surface area contributed by atoms with Crippen LogP contribution in [0.2, 0.25) is 0 Å². The van der Waals surface area contributed by atoms with Crippen LogP contribution >= 0.6 is 0 Å². The van der Waals surface area contributed by atoms with Crippen molar-refractivity contribution in [2.45, 2.75) is 62.8 Å². The largest absolute Gasteiger partial charge is 0.384 e. The molecule has 3 heteroatoms. The maximum absolute atomic E-state index is 11.8. The summed E-state index contributed by atoms with van der Waals surface area (Å²) in [7, 11) is 0. The summed E-state index contributed by atoms with van der Waals surface area (Å²) in [6.45, 7) is 0.513. The molecule has 1 aromatic carbocycles. The maximum Gasteiger partial charge on any atom is 0.0993 e. The fourth-order valence-electron chi connectivity index (χ4n) is 5.11. The third-order valence-electron chi connectivity index (χ3n) is 6.20. The van der Waals surface area contributed by atoms with Crippen molar-refractivity contribution in [1.82, 2.24) is 0 Å². The molecule has 4 atom stereocenters. The minimum absolute atomic E-state index is 0.128. The van der Waals surface area contributed by atoms with Crippen molar-refractivity contribution >= 4 is 0 Å². The first kappa shape index (κ1) is 13.7. The van der Waals surface area contributed by atoms with Gasteiger partial charge in [0, 0.05) is 12.0 Å². The van der Waals surface area contributed by atoms with Gasteiger partial charge in [-0.3, -0.25) is 0 Å². The minimum Gasteiger partial charge on any atom is -0.384 e. The summed E-state index contributed by atoms with van der Waals surface area (Å²) in [6.07, 6.45) is 7.61. The van der Waals surface area contributed by atoms with Gasteiger partial charge in [0.05, 0.1) is 17.8 Å². The molecule has 0 saturated carbocycles. The number of nitrogens with two attached hydrogens (primary N) is 1. The van der Waals surface area contributed by atoms with Crippen LogP contribution in [0.3, 0.4) is 0 Å². The molecule has 2 bridgehead atoms. The molecule has 2 saturated heterocycles. The van der Waals surface area contributed by atoms with E-state index < -0.39 is 5.60 Å². The summed E-state index contributed by atoms with van der Waals surface area (Å²) in [6, 6.07) is 8.42. The number of rotatable bonds is 2. The van der Waals surface area contributed by atoms with E-state index >= 15 is 0 Å². The van der Waals surface area contributed by atoms with Gasteiger partial charge in [-0.1, -0.05) is 24.3 Å². The molecule has 2 heterocycles. The van der Waals surface area contributed by atoms with Crippen LogP contribution in [0.15, 0.2) is 24.3 Å². The van der Waals surface area contributed by atoms with Gasteiger partial charge in [0.15, 0.2) is 0 Å². The average molecular weight is 287 g/mol. The van der Waals surface area contributed by atoms with Crippen molar-refractivity contribution in [3.8, 4) is 0 Å². The topological polar surface area (TPSA) is 55.5 Å². The molecule has 1 aliphatic carbocycles. The van der Waals surface area contributed by atoms with Crippen LogP contribution in [0, 0.1) is 5.41 Å². The second-order valence-corrected chi connectivity index (χ2v) is 7.11. The zero-order valence-corrected chi connectivity index (χ0v) is 12.6. The Kier molecular flexibility index (Phi) is 3.14. The summed E-state index contributed by atoms with van der Waals surface area (Å²) < 4.78 is 6.11. The molecule has 21 heavy (non-hydrogen) atoms. The second kappa shape index (κ2) is 4.80. The molecule has 3 nitrogen and oxygen atoms in total. The molecule has 2 aliphatic heterocycles. The molecule has 0 amide bonds. The fourth-order valence-corrected chi connectivity index (χ4v) is 5.11. The normalized spacial score (nSPS) is 41.8. The van der Waals surface area contributed by atoms with Crippen molar-refractivity contribution in [3.05, 3.63) is 35.4 Å². The number of fused-ring (bicyclic) bond motifs is 3. The van der Waals surface area contributed by atoms with Gasteiger partial charge in [0.25, 0.3) is 0 Å². The lowest BCUT2D eigenvalue weighted by Gasteiger charge is -2.48. The van der Waals surface area contributed by atoms with Gasteiger partial charge in [0.2, 0.25) is 0 Å². The van der Waals surface area contributed by atoms with Crippen molar-refractivity contribution in [1.29, 1.82) is 0 Å². The summed E-state index contributed by atoms with van der Waals surface area (Å²) in [5.74, 6) is 0. The molecule has 4 rings (SSSR count). The van der Waals surface area contributed by atoms with Crippen LogP contribution < -0.4 is 5.73 Å². The van der Waals surface area contributed by atoms with E-state index in [1.54, 1.807) is 0 Å². The molecule has 0 aromatic heterocycles. The first-order valence-electron chi connectivity index (χ1n) is 8.36. The molecule has 3 N–H and O–H groups in total. The zero-order valence-electron chi connectivity index (χ0n) is 12.6. The van der Waals surface area contributed by atoms with E-state index in [1.165, 1.54) is 5.56 Å². The fraction of sp³-hybridized carbons (Fsp3) is 0.667. The number of ether oxygens (including phenoxy) is 1. The minimum atomic E-state index is -0.825. The lowest BCUT2D eigenvalue weighted by molar-refractivity contribution is -0.123. The molecule has 0 spiro atoms. The highest BCUT2D eigenvalue weighted by Gasteiger charge is 2.62. The summed E-state index contributed by atoms with van der Waals surface area (Å²) >= 11 is 0. The molecule has 0 radical (unpaired) electrons. The van der Waals surface area contributed by atoms with E-state index in [2.05, 4.69) is 18.2 Å². The monoisotopic (exact) mass is 287 g/mol. The van der Waals surface area contributed by atoms with Gasteiger partial charge in [-0.25, -0.2) is 0 Å². The standard InChI is InChI=1S/C18H25NO2/c19-12-17(11-14-8-9-16(17)21-14)18(20)10-4-3-6-13-5-1-2-7-15(13)18/h1-2,5,7,14,16,20H,3-4,6,8-12,19H2. The van der Waals surface area contributed by atoms with Gasteiger partial charge in [-0.15, -0.1) is 0 Å². The zero-order chi connectivity index (χ0) is 14.5. The van der Waals surface area contributed by atoms with Crippen LogP contribution in [0.5, 0.6) is 0 Å². The van der Waals surface area contributed by atoms with Gasteiger partial charge in [-0.2, -0.15) is 0 Å². The number of aryl methyl sites for hydroxylation is 1. The molecule has 1 aromatic rings. The van der Waals surface area contributed by atoms with Gasteiger partial charge in [0.1, 0.15) is 0 Å². The van der Waals surface area contributed by atoms with Crippen molar-refractivity contribution in [2.24, 2.45) is 11.1 Å². The van der Waals surface area contributed by atoms with Crippen LogP contribution in [-0.2, 0) is 16.8 Å². The van der Waals surface area contributed by atoms with Crippen molar-refractivity contribution in [2.75, 3.05) is 6.54 Å². The van der Waals surface area contributed by atoms with Crippen LogP contribution in [-0.4, -0.2) is 23.9 Å². The van der Waals surface area contributed by atoms with E-state index in [9.17, 15) is 5.11 Å². The van der Waals surface area contributed by atoms with Crippen LogP contribution in [0.25, 0.3) is 0 Å². The van der Waals surface area contributed by atoms with E-state index in [0.29, 0.717) is 12.6 Å². The Morgan fingerprint density at radius 1 is 1.24 bits per heavy atom. The third-order valence-corrected chi connectivity index (χ3v) is 6.20. The highest BCUT2D eigenvalue weighted by atomic mass is 16.5. The molecular formula is C18H25NO2. The van der Waals surface area contributed by atoms with E-state index in [4.69, 9.17) is 10.5 Å². The Bertz CT molecular complexity index is 546. The van der Waals surface area contributed by atoms with Gasteiger partial charge in [-0.05, 0) is 56.1 Å². The second-order valence-electron chi connectivity index (χ2n) is 7.11. The average Bonchev–Trinajstić information content (AvgIpc) is 3.08. The van der Waals surface area contributed by atoms with Crippen molar-refractivity contribution < 1.29 is 9.84 Å². The predicted octanol–water partition coefficient (Wildman–Crippen LogP) is 2.50. The summed E-state index contributed by atoms with van der Waals surface area (Å²) in [5, 5.41) is 11.8. The Morgan fingerprint density at radius 2 is 2.10 bits per heavy atom. The molecule has 114 valence electrons. The molecule has 3 aliphatic rings. The maximum atomic E-state index is 11.8. The third kappa shape index (κ3) is 1.77. The first-order valence-corrected chi connectivity index (χ1v) is 8.36. The quantitative estimate of drug-likeness (QED) is 0.822. The SMILES string of the molecule is NCC1(C2(O)CCCCc3ccccc32)CC2CCC1O2. The number of benzene rings is 1. The Hall–Kier alpha value is -0.900. The lowest BCUT2D eigenvalue weighted by atomic mass is 9.59. The predicted molar refractivity (Wildman–Crippen MR) is 81.9 cm³/mol. The highest BCUT2D eigenvalue weighted by molar-refractivity contribution is 5.37. The van der Waals surface area contributed by atoms with E-state index in [0.717, 1.165) is 50.5 Å². The van der Waals surface area contributed by atoms with Crippen LogP contribution in [0.4, 0.5) is 0 Å². The lowest BCUT2D eigenvalue weighted by Crippen LogP contribution is -2.56. The summed E-state index contributed by atoms with van der Waals surface area (Å²) in [5.41, 5.74) is 7.53. The Labute approximate surface area is 126 Å². The molecular weight excluding hydrogens is 262 g/mol. The van der Waals surface area contributed by atoms with Gasteiger partial charge >= 0.3 is 0 Å². The van der Waals surface area contributed by atoms with E-state index in [-0.39, 0.29) is 11.5 Å². The highest BCUT2D eigenvalue weighted by Crippen LogP contribution is 2.59. The van der Waals surface area contributed by atoms with Crippen LogP contribution in [0.1, 0.15) is 49.7 Å². The van der Waals surface area contributed by atoms with Gasteiger partial charge < -0.3 is 15.6 Å². The Balaban J connectivity index is 1.85. The number of hydrogen-bond donors (Lipinski definition) is 2. The van der Waals surface area contributed by atoms with E-state index in [1.807, 2.05) is 6.07 Å². The molecule has 2 fully saturated rings. The number of aliphatic hydroxyl groups is 1. The van der Waals surface area contributed by atoms with Crippen molar-refractivity contribution in [3.63, 3.8) is 0 Å². The summed E-state index contributed by atoms with van der Waals surface area (Å²) in [4.78, 5) is 0.